The predicted octanol–water partition coefficient (Wildman–Crippen LogP) is 3.05. The number of benzene rings is 1. The molecule has 1 heterocycles. The molecule has 0 spiro atoms. The van der Waals surface area contributed by atoms with E-state index in [4.69, 9.17) is 25.5 Å². The summed E-state index contributed by atoms with van der Waals surface area (Å²) in [5.41, 5.74) is 0.673. The zero-order valence-electron chi connectivity index (χ0n) is 13.7. The van der Waals surface area contributed by atoms with Gasteiger partial charge in [-0.25, -0.2) is 4.79 Å². The second-order valence-electron chi connectivity index (χ2n) is 4.57. The van der Waals surface area contributed by atoms with Crippen molar-refractivity contribution < 1.29 is 28.3 Å². The third kappa shape index (κ3) is 4.30. The summed E-state index contributed by atoms with van der Waals surface area (Å²) in [6.45, 7) is 0. The third-order valence-corrected chi connectivity index (χ3v) is 3.34. The molecule has 0 aliphatic heterocycles. The molecule has 1 N–H and O–H groups in total. The van der Waals surface area contributed by atoms with E-state index in [0.29, 0.717) is 22.8 Å². The van der Waals surface area contributed by atoms with Gasteiger partial charge in [0.2, 0.25) is 5.17 Å². The Bertz CT molecular complexity index is 815. The Kier molecular flexibility index (Phi) is 6.02. The quantitative estimate of drug-likeness (QED) is 0.365. The Hall–Kier alpha value is -3.00. The van der Waals surface area contributed by atoms with Crippen molar-refractivity contribution >= 4 is 28.6 Å². The lowest BCUT2D eigenvalue weighted by Gasteiger charge is -2.08. The number of carbonyl (C=O) groups excluding carboxylic acids is 2. The molecule has 8 nitrogen and oxygen atoms in total. The summed E-state index contributed by atoms with van der Waals surface area (Å²) in [6, 6.07) is 8.20. The van der Waals surface area contributed by atoms with Gasteiger partial charge in [-0.1, -0.05) is 16.8 Å². The fourth-order valence-corrected chi connectivity index (χ4v) is 2.00. The number of halogens is 1. The van der Waals surface area contributed by atoms with Crippen LogP contribution in [0.4, 0.5) is 4.79 Å². The number of hydrogen-bond donors (Lipinski definition) is 1. The Labute approximate surface area is 148 Å². The lowest BCUT2D eigenvalue weighted by molar-refractivity contribution is 0.103. The normalized spacial score (nSPS) is 11.0. The van der Waals surface area contributed by atoms with Crippen molar-refractivity contribution in [3.8, 4) is 22.8 Å². The molecule has 0 saturated carbocycles. The molecule has 0 atom stereocenters. The molecule has 1 amide bonds. The summed E-state index contributed by atoms with van der Waals surface area (Å²) in [5.74, 6) is 0.718. The summed E-state index contributed by atoms with van der Waals surface area (Å²) in [7, 11) is 4.39. The summed E-state index contributed by atoms with van der Waals surface area (Å²) in [6.07, 6.45) is -0.851. The van der Waals surface area contributed by atoms with Crippen LogP contribution in [0.5, 0.6) is 11.5 Å². The molecule has 1 aromatic carbocycles. The van der Waals surface area contributed by atoms with Crippen LogP contribution in [-0.4, -0.2) is 38.3 Å². The zero-order valence-corrected chi connectivity index (χ0v) is 14.4. The molecule has 0 aliphatic carbocycles. The first-order valence-corrected chi connectivity index (χ1v) is 7.37. The molecular weight excluding hydrogens is 352 g/mol. The van der Waals surface area contributed by atoms with E-state index in [1.54, 1.807) is 24.3 Å². The van der Waals surface area contributed by atoms with Gasteiger partial charge in [-0.3, -0.25) is 9.63 Å². The van der Waals surface area contributed by atoms with Crippen LogP contribution < -0.4 is 14.8 Å². The molecule has 9 heteroatoms. The van der Waals surface area contributed by atoms with E-state index in [1.165, 1.54) is 27.3 Å². The second-order valence-corrected chi connectivity index (χ2v) is 4.93. The highest BCUT2D eigenvalue weighted by Crippen LogP contribution is 2.33. The lowest BCUT2D eigenvalue weighted by Crippen LogP contribution is -2.18. The summed E-state index contributed by atoms with van der Waals surface area (Å²) in [5, 5.41) is 4.84. The first kappa shape index (κ1) is 18.3. The number of methoxy groups -OCH3 is 2. The van der Waals surface area contributed by atoms with Crippen molar-refractivity contribution in [3.05, 3.63) is 36.1 Å². The molecule has 1 aromatic heterocycles. The largest absolute Gasteiger partial charge is 0.493 e. The van der Waals surface area contributed by atoms with Crippen molar-refractivity contribution in [3.63, 3.8) is 0 Å². The predicted molar refractivity (Wildman–Crippen MR) is 90.4 cm³/mol. The minimum Gasteiger partial charge on any atom is -0.493 e. The Morgan fingerprint density at radius 3 is 2.48 bits per heavy atom. The van der Waals surface area contributed by atoms with Gasteiger partial charge in [0.25, 0.3) is 5.78 Å². The maximum Gasteiger partial charge on any atom is 0.433 e. The van der Waals surface area contributed by atoms with E-state index >= 15 is 0 Å². The van der Waals surface area contributed by atoms with Crippen LogP contribution in [0.1, 0.15) is 10.6 Å². The molecule has 25 heavy (non-hydrogen) atoms. The topological polar surface area (TPSA) is 99.4 Å². The highest BCUT2D eigenvalue weighted by atomic mass is 35.5. The molecule has 0 bridgehead atoms. The number of ether oxygens (including phenoxy) is 2. The third-order valence-electron chi connectivity index (χ3n) is 3.10. The number of nitrogens with zero attached hydrogens (tertiary/aromatic N) is 1. The van der Waals surface area contributed by atoms with Crippen LogP contribution in [0.15, 0.2) is 39.9 Å². The van der Waals surface area contributed by atoms with Crippen molar-refractivity contribution in [2.45, 2.75) is 0 Å². The summed E-state index contributed by atoms with van der Waals surface area (Å²) >= 11 is 5.71. The fraction of sp³-hybridized carbons (Fsp3) is 0.188. The Balaban J connectivity index is 2.22. The van der Waals surface area contributed by atoms with E-state index in [9.17, 15) is 9.59 Å². The van der Waals surface area contributed by atoms with Crippen LogP contribution in [-0.2, 0) is 4.84 Å². The monoisotopic (exact) mass is 366 g/mol. The smallest absolute Gasteiger partial charge is 0.433 e. The van der Waals surface area contributed by atoms with Crippen LogP contribution in [0.2, 0.25) is 0 Å². The van der Waals surface area contributed by atoms with Gasteiger partial charge in [-0.05, 0) is 30.3 Å². The first-order valence-electron chi connectivity index (χ1n) is 6.99. The molecule has 0 aliphatic rings. The molecule has 0 unspecified atom stereocenters. The second kappa shape index (κ2) is 8.20. The van der Waals surface area contributed by atoms with Crippen LogP contribution >= 0.6 is 11.6 Å². The number of furan rings is 1. The standard InChI is InChI=1S/C16H15ClN2O6/c1-18-16(21)25-19-15(17)14(20)12-7-6-10(24-12)9-4-5-11(22-2)13(8-9)23-3/h4-8H,1-3H3,(H,18,21)/b19-15-. The SMILES string of the molecule is CNC(=O)O/N=C(\Cl)C(=O)c1ccc(-c2ccc(OC)c(OC)c2)o1. The fourth-order valence-electron chi connectivity index (χ4n) is 1.87. The number of hydrogen-bond acceptors (Lipinski definition) is 7. The molecular formula is C16H15ClN2O6. The number of carbonyl (C=O) groups is 2. The van der Waals surface area contributed by atoms with E-state index in [-0.39, 0.29) is 5.76 Å². The minimum atomic E-state index is -0.851. The van der Waals surface area contributed by atoms with Gasteiger partial charge in [0.05, 0.1) is 14.2 Å². The van der Waals surface area contributed by atoms with Gasteiger partial charge in [0.1, 0.15) is 5.76 Å². The number of Topliss-reactive ketones (excluding diaryl/α,β-unsaturated/α-hetero) is 1. The van der Waals surface area contributed by atoms with Gasteiger partial charge in [0.15, 0.2) is 17.3 Å². The van der Waals surface area contributed by atoms with E-state index in [2.05, 4.69) is 15.3 Å². The maximum absolute atomic E-state index is 12.1. The average molecular weight is 367 g/mol. The van der Waals surface area contributed by atoms with Crippen molar-refractivity contribution in [2.24, 2.45) is 5.16 Å². The van der Waals surface area contributed by atoms with Crippen LogP contribution in [0.25, 0.3) is 11.3 Å². The molecule has 2 rings (SSSR count). The molecule has 2 aromatic rings. The number of oxime groups is 1. The van der Waals surface area contributed by atoms with Crippen molar-refractivity contribution in [1.29, 1.82) is 0 Å². The van der Waals surface area contributed by atoms with Gasteiger partial charge < -0.3 is 19.2 Å². The van der Waals surface area contributed by atoms with Crippen LogP contribution in [0.3, 0.4) is 0 Å². The Morgan fingerprint density at radius 2 is 1.84 bits per heavy atom. The van der Waals surface area contributed by atoms with Crippen molar-refractivity contribution in [1.82, 2.24) is 5.32 Å². The molecule has 0 fully saturated rings. The number of amides is 1. The Morgan fingerprint density at radius 1 is 1.12 bits per heavy atom. The van der Waals surface area contributed by atoms with E-state index < -0.39 is 17.0 Å². The van der Waals surface area contributed by atoms with E-state index in [0.717, 1.165) is 0 Å². The highest BCUT2D eigenvalue weighted by molar-refractivity contribution is 6.84. The molecule has 0 radical (unpaired) electrons. The van der Waals surface area contributed by atoms with E-state index in [1.807, 2.05) is 0 Å². The van der Waals surface area contributed by atoms with Gasteiger partial charge in [-0.2, -0.15) is 0 Å². The number of nitrogens with one attached hydrogen (secondary N) is 1. The van der Waals surface area contributed by atoms with Gasteiger partial charge in [-0.15, -0.1) is 0 Å². The molecule has 0 saturated heterocycles. The summed E-state index contributed by atoms with van der Waals surface area (Å²) in [4.78, 5) is 27.4. The summed E-state index contributed by atoms with van der Waals surface area (Å²) < 4.78 is 15.9. The number of ketones is 1. The zero-order chi connectivity index (χ0) is 18.4. The highest BCUT2D eigenvalue weighted by Gasteiger charge is 2.19. The molecule has 132 valence electrons. The van der Waals surface area contributed by atoms with Gasteiger partial charge in [0, 0.05) is 12.6 Å². The minimum absolute atomic E-state index is 0.0564. The number of rotatable bonds is 6. The van der Waals surface area contributed by atoms with Gasteiger partial charge >= 0.3 is 6.09 Å². The van der Waals surface area contributed by atoms with Crippen molar-refractivity contribution in [2.75, 3.05) is 21.3 Å². The average Bonchev–Trinajstić information content (AvgIpc) is 3.14. The maximum atomic E-state index is 12.1. The first-order chi connectivity index (χ1) is 12.0. The van der Waals surface area contributed by atoms with Crippen LogP contribution in [0, 0.1) is 0 Å². The lowest BCUT2D eigenvalue weighted by atomic mass is 10.1.